The summed E-state index contributed by atoms with van der Waals surface area (Å²) in [6.45, 7) is 3.91. The Morgan fingerprint density at radius 3 is 2.37 bits per heavy atom. The Balaban J connectivity index is 1.81. The summed E-state index contributed by atoms with van der Waals surface area (Å²) in [6, 6.07) is 10.1. The number of rotatable bonds is 5. The summed E-state index contributed by atoms with van der Waals surface area (Å²) in [4.78, 5) is 12.8. The van der Waals surface area contributed by atoms with Gasteiger partial charge in [-0.2, -0.15) is 0 Å². The van der Waals surface area contributed by atoms with Crippen LogP contribution < -0.4 is 15.2 Å². The van der Waals surface area contributed by atoms with E-state index in [-0.39, 0.29) is 33.7 Å². The minimum absolute atomic E-state index is 0.0233. The smallest absolute Gasteiger partial charge is 0.238 e. The van der Waals surface area contributed by atoms with Gasteiger partial charge in [0, 0.05) is 12.0 Å². The fraction of sp³-hybridized carbons (Fsp3) is 0.316. The van der Waals surface area contributed by atoms with Crippen molar-refractivity contribution >= 4 is 21.6 Å². The number of carbonyl (C=O) groups excluding carboxylic acids is 1. The fourth-order valence-electron chi connectivity index (χ4n) is 3.60. The van der Waals surface area contributed by atoms with Crippen molar-refractivity contribution in [3.05, 3.63) is 53.8 Å². The van der Waals surface area contributed by atoms with E-state index >= 15 is 0 Å². The first kappa shape index (κ1) is 19.3. The highest BCUT2D eigenvalue weighted by Crippen LogP contribution is 2.64. The van der Waals surface area contributed by atoms with Gasteiger partial charge in [0.05, 0.1) is 23.6 Å². The van der Waals surface area contributed by atoms with Crippen LogP contribution in [-0.2, 0) is 14.8 Å². The number of primary sulfonamides is 1. The molecule has 2 atom stereocenters. The van der Waals surface area contributed by atoms with Crippen LogP contribution in [0.25, 0.3) is 0 Å². The van der Waals surface area contributed by atoms with E-state index in [1.807, 2.05) is 13.8 Å². The molecule has 6 nitrogen and oxygen atoms in total. The molecule has 2 aromatic rings. The third-order valence-corrected chi connectivity index (χ3v) is 6.03. The summed E-state index contributed by atoms with van der Waals surface area (Å²) in [5.74, 6) is -0.782. The number of amides is 1. The molecule has 0 aromatic heterocycles. The van der Waals surface area contributed by atoms with E-state index in [2.05, 4.69) is 5.32 Å². The Labute approximate surface area is 157 Å². The van der Waals surface area contributed by atoms with Gasteiger partial charge >= 0.3 is 0 Å². The van der Waals surface area contributed by atoms with Crippen LogP contribution in [0.1, 0.15) is 25.3 Å². The molecule has 1 aliphatic carbocycles. The number of anilines is 1. The topological polar surface area (TPSA) is 98.5 Å². The molecule has 8 heteroatoms. The lowest BCUT2D eigenvalue weighted by molar-refractivity contribution is -0.118. The van der Waals surface area contributed by atoms with Crippen molar-refractivity contribution in [3.8, 4) is 5.75 Å². The number of methoxy groups -OCH3 is 1. The second kappa shape index (κ2) is 6.61. The first-order valence-corrected chi connectivity index (χ1v) is 9.87. The number of carbonyl (C=O) groups is 1. The molecular formula is C19H21FN2O4S. The third kappa shape index (κ3) is 3.68. The minimum atomic E-state index is -3.76. The molecule has 0 spiro atoms. The Kier molecular flexibility index (Phi) is 4.73. The van der Waals surface area contributed by atoms with E-state index < -0.39 is 15.8 Å². The molecule has 3 N–H and O–H groups in total. The zero-order valence-electron chi connectivity index (χ0n) is 15.2. The van der Waals surface area contributed by atoms with Gasteiger partial charge in [-0.25, -0.2) is 17.9 Å². The van der Waals surface area contributed by atoms with Crippen molar-refractivity contribution < 1.29 is 22.3 Å². The average molecular weight is 392 g/mol. The molecule has 0 radical (unpaired) electrons. The SMILES string of the molecule is COc1ccc(F)cc1NC(=O)[C@H]1[C@H](c2ccc(S(N)(=O)=O)cc2)C1(C)C. The van der Waals surface area contributed by atoms with Crippen molar-refractivity contribution in [2.75, 3.05) is 12.4 Å². The maximum Gasteiger partial charge on any atom is 0.238 e. The number of hydrogen-bond donors (Lipinski definition) is 2. The van der Waals surface area contributed by atoms with Gasteiger partial charge in [0.1, 0.15) is 11.6 Å². The molecule has 1 saturated carbocycles. The van der Waals surface area contributed by atoms with Crippen molar-refractivity contribution in [1.82, 2.24) is 0 Å². The van der Waals surface area contributed by atoms with Crippen molar-refractivity contribution in [3.63, 3.8) is 0 Å². The van der Waals surface area contributed by atoms with Crippen LogP contribution in [0, 0.1) is 17.2 Å². The maximum absolute atomic E-state index is 13.5. The van der Waals surface area contributed by atoms with Gasteiger partial charge in [-0.15, -0.1) is 0 Å². The standard InChI is InChI=1S/C19H21FN2O4S/c1-19(2)16(11-4-7-13(8-5-11)27(21,24)25)17(19)18(23)22-14-10-12(20)6-9-15(14)26-3/h4-10,16-17H,1-3H3,(H,22,23)(H2,21,24,25)/t16-,17+/m0/s1. The van der Waals surface area contributed by atoms with E-state index in [0.717, 1.165) is 5.56 Å². The van der Waals surface area contributed by atoms with Gasteiger partial charge in [-0.3, -0.25) is 4.79 Å². The lowest BCUT2D eigenvalue weighted by Crippen LogP contribution is -2.17. The lowest BCUT2D eigenvalue weighted by atomic mass is 10.0. The number of nitrogens with two attached hydrogens (primary N) is 1. The highest BCUT2D eigenvalue weighted by molar-refractivity contribution is 7.89. The average Bonchev–Trinajstić information content (AvgIpc) is 3.17. The zero-order chi connectivity index (χ0) is 20.0. The summed E-state index contributed by atoms with van der Waals surface area (Å²) in [5, 5.41) is 7.85. The lowest BCUT2D eigenvalue weighted by Gasteiger charge is -2.10. The number of nitrogens with one attached hydrogen (secondary N) is 1. The summed E-state index contributed by atoms with van der Waals surface area (Å²) in [5.41, 5.74) is 0.792. The Morgan fingerprint density at radius 1 is 1.19 bits per heavy atom. The molecule has 27 heavy (non-hydrogen) atoms. The van der Waals surface area contributed by atoms with Crippen LogP contribution in [0.4, 0.5) is 10.1 Å². The number of hydrogen-bond acceptors (Lipinski definition) is 4. The highest BCUT2D eigenvalue weighted by Gasteiger charge is 2.62. The summed E-state index contributed by atoms with van der Waals surface area (Å²) in [7, 11) is -2.32. The molecule has 1 aliphatic rings. The van der Waals surface area contributed by atoms with Gasteiger partial charge in [0.25, 0.3) is 0 Å². The Hall–Kier alpha value is -2.45. The van der Waals surface area contributed by atoms with Crippen LogP contribution in [0.15, 0.2) is 47.4 Å². The van der Waals surface area contributed by atoms with E-state index in [0.29, 0.717) is 5.75 Å². The third-order valence-electron chi connectivity index (χ3n) is 5.10. The largest absolute Gasteiger partial charge is 0.495 e. The number of halogens is 1. The van der Waals surface area contributed by atoms with Crippen LogP contribution in [0.2, 0.25) is 0 Å². The molecule has 0 heterocycles. The quantitative estimate of drug-likeness (QED) is 0.817. The van der Waals surface area contributed by atoms with Gasteiger partial charge in [-0.05, 0) is 35.2 Å². The molecule has 144 valence electrons. The summed E-state index contributed by atoms with van der Waals surface area (Å²) >= 11 is 0. The second-order valence-electron chi connectivity index (χ2n) is 7.22. The first-order valence-electron chi connectivity index (χ1n) is 8.33. The summed E-state index contributed by atoms with van der Waals surface area (Å²) < 4.78 is 41.5. The van der Waals surface area contributed by atoms with Crippen LogP contribution in [0.3, 0.4) is 0 Å². The molecule has 2 aromatic carbocycles. The molecule has 0 bridgehead atoms. The predicted molar refractivity (Wildman–Crippen MR) is 99.4 cm³/mol. The normalized spacial score (nSPS) is 20.8. The zero-order valence-corrected chi connectivity index (χ0v) is 16.0. The van der Waals surface area contributed by atoms with Gasteiger partial charge in [0.2, 0.25) is 15.9 Å². The monoisotopic (exact) mass is 392 g/mol. The van der Waals surface area contributed by atoms with Crippen LogP contribution in [0.5, 0.6) is 5.75 Å². The van der Waals surface area contributed by atoms with Crippen molar-refractivity contribution in [2.45, 2.75) is 24.7 Å². The molecule has 1 amide bonds. The molecule has 3 rings (SSSR count). The summed E-state index contributed by atoms with van der Waals surface area (Å²) in [6.07, 6.45) is 0. The second-order valence-corrected chi connectivity index (χ2v) is 8.79. The van der Waals surface area contributed by atoms with Crippen molar-refractivity contribution in [1.29, 1.82) is 0 Å². The molecular weight excluding hydrogens is 371 g/mol. The minimum Gasteiger partial charge on any atom is -0.495 e. The molecule has 1 fully saturated rings. The van der Waals surface area contributed by atoms with Gasteiger partial charge < -0.3 is 10.1 Å². The predicted octanol–water partition coefficient (Wildman–Crippen LogP) is 2.86. The van der Waals surface area contributed by atoms with Crippen LogP contribution >= 0.6 is 0 Å². The first-order chi connectivity index (χ1) is 12.6. The van der Waals surface area contributed by atoms with Gasteiger partial charge in [-0.1, -0.05) is 26.0 Å². The Morgan fingerprint density at radius 2 is 1.81 bits per heavy atom. The van der Waals surface area contributed by atoms with Crippen molar-refractivity contribution in [2.24, 2.45) is 16.5 Å². The molecule has 0 unspecified atom stereocenters. The molecule has 0 saturated heterocycles. The van der Waals surface area contributed by atoms with E-state index in [9.17, 15) is 17.6 Å². The number of ether oxygens (including phenoxy) is 1. The molecule has 0 aliphatic heterocycles. The van der Waals surface area contributed by atoms with E-state index in [1.165, 1.54) is 37.4 Å². The van der Waals surface area contributed by atoms with Gasteiger partial charge in [0.15, 0.2) is 0 Å². The van der Waals surface area contributed by atoms with E-state index in [4.69, 9.17) is 9.88 Å². The van der Waals surface area contributed by atoms with Crippen LogP contribution in [-0.4, -0.2) is 21.4 Å². The fourth-order valence-corrected chi connectivity index (χ4v) is 4.12. The Bertz CT molecular complexity index is 987. The number of sulfonamides is 1. The number of benzene rings is 2. The highest BCUT2D eigenvalue weighted by atomic mass is 32.2. The maximum atomic E-state index is 13.5. The van der Waals surface area contributed by atoms with E-state index in [1.54, 1.807) is 12.1 Å².